The first kappa shape index (κ1) is 16.8. The Morgan fingerprint density at radius 1 is 1.23 bits per heavy atom. The molecular formula is C20H20N2O4. The van der Waals surface area contributed by atoms with Gasteiger partial charge in [-0.15, -0.1) is 0 Å². The van der Waals surface area contributed by atoms with Gasteiger partial charge in [0.15, 0.2) is 0 Å². The van der Waals surface area contributed by atoms with Crippen molar-refractivity contribution in [2.75, 3.05) is 6.61 Å². The van der Waals surface area contributed by atoms with Crippen LogP contribution in [0.15, 0.2) is 48.5 Å². The highest BCUT2D eigenvalue weighted by Crippen LogP contribution is 2.38. The molecule has 1 saturated heterocycles. The number of para-hydroxylation sites is 1. The van der Waals surface area contributed by atoms with E-state index in [0.717, 1.165) is 27.4 Å². The average Bonchev–Trinajstić information content (AvgIpc) is 3.17. The van der Waals surface area contributed by atoms with Crippen molar-refractivity contribution in [3.05, 3.63) is 54.1 Å². The third kappa shape index (κ3) is 2.78. The van der Waals surface area contributed by atoms with Gasteiger partial charge in [0, 0.05) is 23.3 Å². The van der Waals surface area contributed by atoms with Gasteiger partial charge in [-0.25, -0.2) is 0 Å². The molecule has 0 radical (unpaired) electrons. The monoisotopic (exact) mass is 352 g/mol. The van der Waals surface area contributed by atoms with Crippen molar-refractivity contribution in [2.24, 2.45) is 5.73 Å². The zero-order valence-electron chi connectivity index (χ0n) is 14.1. The van der Waals surface area contributed by atoms with Crippen LogP contribution in [0.25, 0.3) is 27.9 Å². The minimum Gasteiger partial charge on any atom is -0.394 e. The number of aliphatic hydroxyl groups is 2. The maximum Gasteiger partial charge on any atom is 0.241 e. The number of aliphatic hydroxyl groups excluding tert-OH is 2. The van der Waals surface area contributed by atoms with Crippen molar-refractivity contribution in [3.8, 4) is 0 Å². The molecule has 2 aromatic carbocycles. The Kier molecular flexibility index (Phi) is 4.24. The van der Waals surface area contributed by atoms with Gasteiger partial charge in [-0.3, -0.25) is 4.79 Å². The molecule has 26 heavy (non-hydrogen) atoms. The second kappa shape index (κ2) is 6.57. The molecule has 0 saturated carbocycles. The summed E-state index contributed by atoms with van der Waals surface area (Å²) < 4.78 is 7.94. The maximum absolute atomic E-state index is 11.0. The number of fused-ring (bicyclic) bond motifs is 3. The van der Waals surface area contributed by atoms with Gasteiger partial charge in [0.05, 0.1) is 23.7 Å². The fourth-order valence-electron chi connectivity index (χ4n) is 3.65. The lowest BCUT2D eigenvalue weighted by atomic mass is 10.1. The lowest BCUT2D eigenvalue weighted by Gasteiger charge is -2.16. The zero-order chi connectivity index (χ0) is 18.3. The molecule has 3 atom stereocenters. The number of nitrogens with two attached hydrogens (primary N) is 1. The Hall–Kier alpha value is -2.67. The lowest BCUT2D eigenvalue weighted by Crippen LogP contribution is -2.24. The molecule has 134 valence electrons. The molecule has 1 aliphatic heterocycles. The van der Waals surface area contributed by atoms with Crippen LogP contribution < -0.4 is 5.73 Å². The molecule has 1 aromatic heterocycles. The number of benzene rings is 2. The minimum absolute atomic E-state index is 0.211. The van der Waals surface area contributed by atoms with Crippen LogP contribution in [0, 0.1) is 0 Å². The highest BCUT2D eigenvalue weighted by atomic mass is 16.5. The van der Waals surface area contributed by atoms with Gasteiger partial charge in [-0.1, -0.05) is 24.3 Å². The van der Waals surface area contributed by atoms with E-state index in [1.807, 2.05) is 42.5 Å². The topological polar surface area (TPSA) is 97.7 Å². The number of aromatic nitrogens is 1. The predicted octanol–water partition coefficient (Wildman–Crippen LogP) is 1.93. The molecule has 1 aliphatic rings. The number of amides is 1. The Labute approximate surface area is 150 Å². The van der Waals surface area contributed by atoms with Crippen LogP contribution >= 0.6 is 0 Å². The molecule has 1 fully saturated rings. The predicted molar refractivity (Wildman–Crippen MR) is 99.3 cm³/mol. The average molecular weight is 352 g/mol. The van der Waals surface area contributed by atoms with E-state index in [1.165, 1.54) is 6.08 Å². The van der Waals surface area contributed by atoms with Crippen molar-refractivity contribution in [1.29, 1.82) is 0 Å². The third-order valence-electron chi connectivity index (χ3n) is 4.85. The van der Waals surface area contributed by atoms with Crippen LogP contribution in [0.2, 0.25) is 0 Å². The van der Waals surface area contributed by atoms with Gasteiger partial charge in [0.25, 0.3) is 0 Å². The van der Waals surface area contributed by atoms with Gasteiger partial charge in [0.2, 0.25) is 5.91 Å². The number of primary amides is 1. The first-order chi connectivity index (χ1) is 12.6. The third-order valence-corrected chi connectivity index (χ3v) is 4.85. The summed E-state index contributed by atoms with van der Waals surface area (Å²) in [6, 6.07) is 13.9. The van der Waals surface area contributed by atoms with Crippen molar-refractivity contribution < 1.29 is 19.7 Å². The van der Waals surface area contributed by atoms with E-state index in [-0.39, 0.29) is 12.8 Å². The quantitative estimate of drug-likeness (QED) is 0.625. The fraction of sp³-hybridized carbons (Fsp3) is 0.250. The van der Waals surface area contributed by atoms with Crippen LogP contribution in [0.3, 0.4) is 0 Å². The van der Waals surface area contributed by atoms with Crippen LogP contribution in [0.4, 0.5) is 0 Å². The van der Waals surface area contributed by atoms with Crippen molar-refractivity contribution in [2.45, 2.75) is 24.9 Å². The molecule has 6 nitrogen and oxygen atoms in total. The second-order valence-electron chi connectivity index (χ2n) is 6.51. The highest BCUT2D eigenvalue weighted by Gasteiger charge is 2.35. The van der Waals surface area contributed by atoms with E-state index in [4.69, 9.17) is 10.5 Å². The number of hydrogen-bond donors (Lipinski definition) is 3. The summed E-state index contributed by atoms with van der Waals surface area (Å²) in [4.78, 5) is 11.0. The first-order valence-corrected chi connectivity index (χ1v) is 8.53. The van der Waals surface area contributed by atoms with Gasteiger partial charge in [-0.2, -0.15) is 0 Å². The number of carbonyl (C=O) groups excluding carboxylic acids is 1. The Balaban J connectivity index is 1.88. The molecule has 0 aliphatic carbocycles. The molecule has 4 rings (SSSR count). The van der Waals surface area contributed by atoms with E-state index in [9.17, 15) is 15.0 Å². The molecule has 1 amide bonds. The highest BCUT2D eigenvalue weighted by molar-refractivity contribution is 6.09. The number of nitrogens with zero attached hydrogens (tertiary/aromatic N) is 1. The standard InChI is InChI=1S/C20H20N2O4/c21-19(25)8-6-12-5-7-16-14(9-12)13-3-1-2-4-15(13)22(16)20-10-17(24)18(11-23)26-20/h1-9,17-18,20,23-24H,10-11H2,(H2,21,25)/b8-6+/t17-,18+,20+/m0/s1. The number of rotatable bonds is 4. The largest absolute Gasteiger partial charge is 0.394 e. The van der Waals surface area contributed by atoms with E-state index >= 15 is 0 Å². The van der Waals surface area contributed by atoms with E-state index in [0.29, 0.717) is 6.42 Å². The Morgan fingerprint density at radius 2 is 2.00 bits per heavy atom. The Bertz CT molecular complexity index is 1010. The summed E-state index contributed by atoms with van der Waals surface area (Å²) in [6.07, 6.45) is 1.82. The first-order valence-electron chi connectivity index (χ1n) is 8.53. The van der Waals surface area contributed by atoms with Crippen LogP contribution in [0.1, 0.15) is 18.2 Å². The summed E-state index contributed by atoms with van der Waals surface area (Å²) in [5, 5.41) is 21.6. The maximum atomic E-state index is 11.0. The van der Waals surface area contributed by atoms with Gasteiger partial charge < -0.3 is 25.3 Å². The summed E-state index contributed by atoms with van der Waals surface area (Å²) in [5.74, 6) is -0.490. The number of ether oxygens (including phenoxy) is 1. The van der Waals surface area contributed by atoms with E-state index < -0.39 is 18.1 Å². The molecule has 6 heteroatoms. The minimum atomic E-state index is -0.695. The van der Waals surface area contributed by atoms with Crippen LogP contribution in [-0.2, 0) is 9.53 Å². The van der Waals surface area contributed by atoms with Gasteiger partial charge in [0.1, 0.15) is 12.3 Å². The Morgan fingerprint density at radius 3 is 2.73 bits per heavy atom. The summed E-state index contributed by atoms with van der Waals surface area (Å²) >= 11 is 0. The fourth-order valence-corrected chi connectivity index (χ4v) is 3.65. The summed E-state index contributed by atoms with van der Waals surface area (Å²) in [6.45, 7) is -0.211. The van der Waals surface area contributed by atoms with E-state index in [1.54, 1.807) is 6.08 Å². The van der Waals surface area contributed by atoms with Crippen molar-refractivity contribution in [3.63, 3.8) is 0 Å². The zero-order valence-corrected chi connectivity index (χ0v) is 14.1. The molecule has 0 bridgehead atoms. The number of carbonyl (C=O) groups is 1. The molecule has 4 N–H and O–H groups in total. The van der Waals surface area contributed by atoms with Crippen molar-refractivity contribution in [1.82, 2.24) is 4.57 Å². The van der Waals surface area contributed by atoms with Crippen LogP contribution in [0.5, 0.6) is 0 Å². The molecule has 0 spiro atoms. The molecule has 0 unspecified atom stereocenters. The summed E-state index contributed by atoms with van der Waals surface area (Å²) in [7, 11) is 0. The SMILES string of the molecule is NC(=O)/C=C/c1ccc2c(c1)c1ccccc1n2[C@H]1C[C@H](O)[C@@H](CO)O1. The molecule has 2 heterocycles. The smallest absolute Gasteiger partial charge is 0.241 e. The second-order valence-corrected chi connectivity index (χ2v) is 6.51. The van der Waals surface area contributed by atoms with Crippen LogP contribution in [-0.4, -0.2) is 39.5 Å². The lowest BCUT2D eigenvalue weighted by molar-refractivity contribution is -0.113. The van der Waals surface area contributed by atoms with Crippen molar-refractivity contribution >= 4 is 33.8 Å². The van der Waals surface area contributed by atoms with Gasteiger partial charge in [-0.05, 0) is 29.8 Å². The molecular weight excluding hydrogens is 332 g/mol. The van der Waals surface area contributed by atoms with Gasteiger partial charge >= 0.3 is 0 Å². The molecule has 3 aromatic rings. The van der Waals surface area contributed by atoms with E-state index in [2.05, 4.69) is 4.57 Å². The number of hydrogen-bond acceptors (Lipinski definition) is 4. The normalized spacial score (nSPS) is 23.4. The summed E-state index contributed by atoms with van der Waals surface area (Å²) in [5.41, 5.74) is 8.02.